The molecule has 0 saturated carbocycles. The quantitative estimate of drug-likeness (QED) is 0.701. The number of alkyl halides is 3. The Morgan fingerprint density at radius 2 is 1.78 bits per heavy atom. The fourth-order valence-electron chi connectivity index (χ4n) is 2.39. The summed E-state index contributed by atoms with van der Waals surface area (Å²) in [6.07, 6.45) is -4.92. The molecule has 2 aromatic rings. The molecular weight excluding hydrogens is 371 g/mol. The Labute approximate surface area is 153 Å². The van der Waals surface area contributed by atoms with Gasteiger partial charge in [-0.05, 0) is 36.2 Å². The van der Waals surface area contributed by atoms with E-state index in [1.165, 1.54) is 6.07 Å². The smallest absolute Gasteiger partial charge is 0.406 e. The second-order valence-electron chi connectivity index (χ2n) is 6.23. The summed E-state index contributed by atoms with van der Waals surface area (Å²) in [7, 11) is 0. The molecule has 2 rings (SSSR count). The Morgan fingerprint density at radius 3 is 2.37 bits per heavy atom. The average molecular weight is 390 g/mol. The molecular formula is C18H19F5N2O2. The molecule has 1 aromatic heterocycles. The Morgan fingerprint density at radius 1 is 1.11 bits per heavy atom. The first-order valence-electron chi connectivity index (χ1n) is 8.16. The SMILES string of the molecule is CC(C)[C@H](CO)NCc1nc(-c2cc(OC(F)(F)F)ccc2F)ccc1F. The number of benzene rings is 1. The first kappa shape index (κ1) is 21.0. The van der Waals surface area contributed by atoms with Crippen molar-refractivity contribution >= 4 is 0 Å². The number of pyridine rings is 1. The van der Waals surface area contributed by atoms with Gasteiger partial charge in [0.15, 0.2) is 0 Å². The van der Waals surface area contributed by atoms with Crippen LogP contribution in [0.5, 0.6) is 5.75 Å². The summed E-state index contributed by atoms with van der Waals surface area (Å²) in [5.74, 6) is -2.01. The molecule has 1 atom stereocenters. The molecule has 0 radical (unpaired) electrons. The van der Waals surface area contributed by atoms with E-state index in [1.54, 1.807) is 0 Å². The Kier molecular flexibility index (Phi) is 6.72. The number of halogens is 5. The summed E-state index contributed by atoms with van der Waals surface area (Å²) < 4.78 is 68.9. The summed E-state index contributed by atoms with van der Waals surface area (Å²) in [5.41, 5.74) is -0.336. The average Bonchev–Trinajstić information content (AvgIpc) is 2.57. The summed E-state index contributed by atoms with van der Waals surface area (Å²) >= 11 is 0. The van der Waals surface area contributed by atoms with Crippen molar-refractivity contribution in [2.24, 2.45) is 5.92 Å². The van der Waals surface area contributed by atoms with Crippen LogP contribution in [0.2, 0.25) is 0 Å². The highest BCUT2D eigenvalue weighted by atomic mass is 19.4. The molecule has 0 fully saturated rings. The van der Waals surface area contributed by atoms with Gasteiger partial charge in [0.2, 0.25) is 0 Å². The van der Waals surface area contributed by atoms with Gasteiger partial charge >= 0.3 is 6.36 Å². The Bertz CT molecular complexity index is 781. The molecule has 1 heterocycles. The van der Waals surface area contributed by atoms with E-state index in [1.807, 2.05) is 13.8 Å². The molecule has 0 aliphatic carbocycles. The second kappa shape index (κ2) is 8.62. The van der Waals surface area contributed by atoms with Gasteiger partial charge in [-0.15, -0.1) is 13.2 Å². The number of hydrogen-bond donors (Lipinski definition) is 2. The summed E-state index contributed by atoms with van der Waals surface area (Å²) in [6.45, 7) is 3.54. The van der Waals surface area contributed by atoms with Crippen molar-refractivity contribution in [1.29, 1.82) is 0 Å². The minimum atomic E-state index is -4.92. The van der Waals surface area contributed by atoms with Gasteiger partial charge < -0.3 is 15.2 Å². The van der Waals surface area contributed by atoms with E-state index in [0.29, 0.717) is 0 Å². The van der Waals surface area contributed by atoms with Crippen LogP contribution in [0.1, 0.15) is 19.5 Å². The van der Waals surface area contributed by atoms with Gasteiger partial charge in [0.05, 0.1) is 18.0 Å². The zero-order valence-electron chi connectivity index (χ0n) is 14.6. The highest BCUT2D eigenvalue weighted by Gasteiger charge is 2.31. The number of rotatable bonds is 7. The van der Waals surface area contributed by atoms with Crippen LogP contribution in [0.3, 0.4) is 0 Å². The standard InChI is InChI=1S/C18H19F5N2O2/c1-10(2)17(9-26)24-8-16-14(20)5-6-15(25-16)12-7-11(3-4-13(12)19)27-18(21,22)23/h3-7,10,17,24,26H,8-9H2,1-2H3/t17-/m0/s1. The molecule has 0 aliphatic rings. The third-order valence-electron chi connectivity index (χ3n) is 3.90. The summed E-state index contributed by atoms with van der Waals surface area (Å²) in [5, 5.41) is 12.2. The topological polar surface area (TPSA) is 54.4 Å². The molecule has 4 nitrogen and oxygen atoms in total. The molecule has 1 aromatic carbocycles. The van der Waals surface area contributed by atoms with Crippen molar-refractivity contribution in [3.05, 3.63) is 47.7 Å². The lowest BCUT2D eigenvalue weighted by Crippen LogP contribution is -2.37. The van der Waals surface area contributed by atoms with Crippen LogP contribution in [-0.4, -0.2) is 29.1 Å². The van der Waals surface area contributed by atoms with Crippen molar-refractivity contribution in [3.63, 3.8) is 0 Å². The molecule has 0 amide bonds. The van der Waals surface area contributed by atoms with E-state index in [-0.39, 0.29) is 42.1 Å². The molecule has 0 bridgehead atoms. The summed E-state index contributed by atoms with van der Waals surface area (Å²) in [4.78, 5) is 4.01. The van der Waals surface area contributed by atoms with E-state index in [0.717, 1.165) is 24.3 Å². The van der Waals surface area contributed by atoms with Crippen LogP contribution in [0.15, 0.2) is 30.3 Å². The van der Waals surface area contributed by atoms with E-state index in [2.05, 4.69) is 15.0 Å². The first-order valence-corrected chi connectivity index (χ1v) is 8.16. The van der Waals surface area contributed by atoms with Gasteiger partial charge in [-0.1, -0.05) is 13.8 Å². The van der Waals surface area contributed by atoms with Crippen molar-refractivity contribution in [3.8, 4) is 17.0 Å². The zero-order valence-corrected chi connectivity index (χ0v) is 14.6. The number of aromatic nitrogens is 1. The fourth-order valence-corrected chi connectivity index (χ4v) is 2.39. The van der Waals surface area contributed by atoms with E-state index in [4.69, 9.17) is 0 Å². The van der Waals surface area contributed by atoms with Crippen LogP contribution in [0.4, 0.5) is 22.0 Å². The lowest BCUT2D eigenvalue weighted by atomic mass is 10.1. The van der Waals surface area contributed by atoms with Gasteiger partial charge in [-0.2, -0.15) is 0 Å². The van der Waals surface area contributed by atoms with Gasteiger partial charge in [0.1, 0.15) is 17.4 Å². The minimum Gasteiger partial charge on any atom is -0.406 e. The van der Waals surface area contributed by atoms with Gasteiger partial charge in [0, 0.05) is 18.2 Å². The van der Waals surface area contributed by atoms with Gasteiger partial charge in [0.25, 0.3) is 0 Å². The molecule has 148 valence electrons. The highest BCUT2D eigenvalue weighted by Crippen LogP contribution is 2.29. The largest absolute Gasteiger partial charge is 0.573 e. The third-order valence-corrected chi connectivity index (χ3v) is 3.90. The molecule has 27 heavy (non-hydrogen) atoms. The van der Waals surface area contributed by atoms with Crippen molar-refractivity contribution in [1.82, 2.24) is 10.3 Å². The third kappa shape index (κ3) is 5.86. The van der Waals surface area contributed by atoms with Gasteiger partial charge in [-0.25, -0.2) is 13.8 Å². The van der Waals surface area contributed by atoms with Crippen LogP contribution in [0.25, 0.3) is 11.3 Å². The lowest BCUT2D eigenvalue weighted by molar-refractivity contribution is -0.274. The minimum absolute atomic E-state index is 0.0383. The molecule has 0 saturated heterocycles. The Hall–Kier alpha value is -2.26. The van der Waals surface area contributed by atoms with Crippen LogP contribution in [0, 0.1) is 17.6 Å². The molecule has 0 unspecified atom stereocenters. The van der Waals surface area contributed by atoms with E-state index >= 15 is 0 Å². The maximum atomic E-state index is 14.1. The lowest BCUT2D eigenvalue weighted by Gasteiger charge is -2.20. The predicted octanol–water partition coefficient (Wildman–Crippen LogP) is 4.03. The van der Waals surface area contributed by atoms with Crippen molar-refractivity contribution < 1.29 is 31.8 Å². The molecule has 2 N–H and O–H groups in total. The maximum absolute atomic E-state index is 14.1. The van der Waals surface area contributed by atoms with Crippen molar-refractivity contribution in [2.45, 2.75) is 32.8 Å². The van der Waals surface area contributed by atoms with E-state index < -0.39 is 23.7 Å². The second-order valence-corrected chi connectivity index (χ2v) is 6.23. The fraction of sp³-hybridized carbons (Fsp3) is 0.389. The normalized spacial score (nSPS) is 13.1. The summed E-state index contributed by atoms with van der Waals surface area (Å²) in [6, 6.07) is 4.44. The maximum Gasteiger partial charge on any atom is 0.573 e. The highest BCUT2D eigenvalue weighted by molar-refractivity contribution is 5.62. The van der Waals surface area contributed by atoms with Crippen LogP contribution < -0.4 is 10.1 Å². The number of nitrogens with one attached hydrogen (secondary N) is 1. The number of ether oxygens (including phenoxy) is 1. The molecule has 0 spiro atoms. The number of nitrogens with zero attached hydrogens (tertiary/aromatic N) is 1. The zero-order chi connectivity index (χ0) is 20.2. The van der Waals surface area contributed by atoms with Crippen LogP contribution in [-0.2, 0) is 6.54 Å². The molecule has 0 aliphatic heterocycles. The van der Waals surface area contributed by atoms with E-state index in [9.17, 15) is 27.1 Å². The predicted molar refractivity (Wildman–Crippen MR) is 88.8 cm³/mol. The first-order chi connectivity index (χ1) is 12.6. The van der Waals surface area contributed by atoms with Gasteiger partial charge in [-0.3, -0.25) is 0 Å². The monoisotopic (exact) mass is 390 g/mol. The number of hydrogen-bond acceptors (Lipinski definition) is 4. The number of aliphatic hydroxyl groups excluding tert-OH is 1. The number of aliphatic hydroxyl groups is 1. The van der Waals surface area contributed by atoms with Crippen LogP contribution >= 0.6 is 0 Å². The van der Waals surface area contributed by atoms with Crippen molar-refractivity contribution in [2.75, 3.05) is 6.61 Å². The molecule has 9 heteroatoms. The Balaban J connectivity index is 2.30.